The van der Waals surface area contributed by atoms with Gasteiger partial charge in [0.05, 0.1) is 22.9 Å². The molecule has 0 amide bonds. The summed E-state index contributed by atoms with van der Waals surface area (Å²) < 4.78 is 5.43. The Bertz CT molecular complexity index is 579. The lowest BCUT2D eigenvalue weighted by atomic mass is 9.82. The third kappa shape index (κ3) is 3.14. The summed E-state index contributed by atoms with van der Waals surface area (Å²) in [6.45, 7) is 5.87. The Labute approximate surface area is 119 Å². The minimum Gasteiger partial charge on any atom is -0.381 e. The van der Waals surface area contributed by atoms with Gasteiger partial charge in [-0.15, -0.1) is 0 Å². The molecule has 0 spiro atoms. The Kier molecular flexibility index (Phi) is 3.94. The highest BCUT2D eigenvalue weighted by molar-refractivity contribution is 5.73. The Balaban J connectivity index is 1.59. The van der Waals surface area contributed by atoms with Gasteiger partial charge in [-0.3, -0.25) is 4.98 Å². The van der Waals surface area contributed by atoms with Gasteiger partial charge in [-0.05, 0) is 30.4 Å². The molecule has 3 rings (SSSR count). The minimum absolute atomic E-state index is 0.350. The van der Waals surface area contributed by atoms with Crippen LogP contribution in [0.5, 0.6) is 0 Å². The van der Waals surface area contributed by atoms with Crippen LogP contribution in [0.25, 0.3) is 11.0 Å². The zero-order valence-corrected chi connectivity index (χ0v) is 11.9. The molecule has 4 nitrogen and oxygen atoms in total. The van der Waals surface area contributed by atoms with Crippen LogP contribution < -0.4 is 5.32 Å². The van der Waals surface area contributed by atoms with Crippen molar-refractivity contribution in [3.8, 4) is 0 Å². The molecule has 0 bridgehead atoms. The standard InChI is InChI=1S/C16H21N3O/c1-16(6-8-20-9-7-16)12-17-10-13-11-18-14-4-2-3-5-15(14)19-13/h2-5,11,17H,6-10,12H2,1H3. The Morgan fingerprint density at radius 2 is 1.95 bits per heavy atom. The van der Waals surface area contributed by atoms with Crippen molar-refractivity contribution in [3.05, 3.63) is 36.2 Å². The second-order valence-corrected chi connectivity index (χ2v) is 5.88. The van der Waals surface area contributed by atoms with E-state index in [0.29, 0.717) is 5.41 Å². The van der Waals surface area contributed by atoms with Crippen LogP contribution in [0.4, 0.5) is 0 Å². The third-order valence-electron chi connectivity index (χ3n) is 4.06. The highest BCUT2D eigenvalue weighted by atomic mass is 16.5. The number of nitrogens with zero attached hydrogens (tertiary/aromatic N) is 2. The van der Waals surface area contributed by atoms with E-state index in [1.807, 2.05) is 30.5 Å². The van der Waals surface area contributed by atoms with Crippen LogP contribution in [0.3, 0.4) is 0 Å². The molecule has 4 heteroatoms. The molecule has 1 N–H and O–H groups in total. The fourth-order valence-electron chi connectivity index (χ4n) is 2.61. The zero-order chi connectivity index (χ0) is 13.8. The predicted octanol–water partition coefficient (Wildman–Crippen LogP) is 2.54. The molecule has 2 aromatic rings. The second-order valence-electron chi connectivity index (χ2n) is 5.88. The van der Waals surface area contributed by atoms with Gasteiger partial charge in [-0.1, -0.05) is 19.1 Å². The van der Waals surface area contributed by atoms with Crippen LogP contribution in [0.15, 0.2) is 30.5 Å². The number of hydrogen-bond donors (Lipinski definition) is 1. The number of fused-ring (bicyclic) bond motifs is 1. The smallest absolute Gasteiger partial charge is 0.0890 e. The van der Waals surface area contributed by atoms with Crippen LogP contribution in [-0.2, 0) is 11.3 Å². The number of para-hydroxylation sites is 2. The molecule has 0 aliphatic carbocycles. The molecule has 1 aliphatic heterocycles. The van der Waals surface area contributed by atoms with Gasteiger partial charge in [-0.25, -0.2) is 4.98 Å². The quantitative estimate of drug-likeness (QED) is 0.928. The van der Waals surface area contributed by atoms with Crippen molar-refractivity contribution in [2.75, 3.05) is 19.8 Å². The van der Waals surface area contributed by atoms with Crippen molar-refractivity contribution < 1.29 is 4.74 Å². The van der Waals surface area contributed by atoms with E-state index in [-0.39, 0.29) is 0 Å². The van der Waals surface area contributed by atoms with Gasteiger partial charge in [-0.2, -0.15) is 0 Å². The molecule has 1 aromatic carbocycles. The molecule has 1 aliphatic rings. The summed E-state index contributed by atoms with van der Waals surface area (Å²) in [6.07, 6.45) is 4.12. The first kappa shape index (κ1) is 13.5. The molecule has 1 fully saturated rings. The van der Waals surface area contributed by atoms with Gasteiger partial charge in [0.15, 0.2) is 0 Å². The van der Waals surface area contributed by atoms with Crippen LogP contribution >= 0.6 is 0 Å². The molecule has 106 valence electrons. The van der Waals surface area contributed by atoms with E-state index < -0.39 is 0 Å². The second kappa shape index (κ2) is 5.85. The summed E-state index contributed by atoms with van der Waals surface area (Å²) in [6, 6.07) is 7.98. The molecular formula is C16H21N3O. The maximum absolute atomic E-state index is 5.43. The topological polar surface area (TPSA) is 47.0 Å². The maximum Gasteiger partial charge on any atom is 0.0890 e. The Morgan fingerprint density at radius 1 is 1.20 bits per heavy atom. The van der Waals surface area contributed by atoms with E-state index >= 15 is 0 Å². The van der Waals surface area contributed by atoms with E-state index in [9.17, 15) is 0 Å². The highest BCUT2D eigenvalue weighted by Gasteiger charge is 2.26. The lowest BCUT2D eigenvalue weighted by molar-refractivity contribution is 0.0240. The highest BCUT2D eigenvalue weighted by Crippen LogP contribution is 2.28. The molecule has 0 atom stereocenters. The van der Waals surface area contributed by atoms with Crippen molar-refractivity contribution in [3.63, 3.8) is 0 Å². The molecule has 0 unspecified atom stereocenters. The summed E-state index contributed by atoms with van der Waals surface area (Å²) in [5, 5.41) is 3.52. The van der Waals surface area contributed by atoms with Gasteiger partial charge in [0.25, 0.3) is 0 Å². The van der Waals surface area contributed by atoms with Crippen LogP contribution in [0.1, 0.15) is 25.5 Å². The first-order valence-electron chi connectivity index (χ1n) is 7.24. The van der Waals surface area contributed by atoms with Gasteiger partial charge in [0, 0.05) is 26.3 Å². The van der Waals surface area contributed by atoms with Crippen molar-refractivity contribution in [1.29, 1.82) is 0 Å². The first-order valence-corrected chi connectivity index (χ1v) is 7.24. The molecule has 1 aromatic heterocycles. The molecular weight excluding hydrogens is 250 g/mol. The van der Waals surface area contributed by atoms with Crippen molar-refractivity contribution >= 4 is 11.0 Å². The molecule has 20 heavy (non-hydrogen) atoms. The van der Waals surface area contributed by atoms with E-state index in [2.05, 4.69) is 22.2 Å². The SMILES string of the molecule is CC1(CNCc2cnc3ccccc3n2)CCOCC1. The van der Waals surface area contributed by atoms with Gasteiger partial charge in [0.1, 0.15) is 0 Å². The molecule has 1 saturated heterocycles. The van der Waals surface area contributed by atoms with E-state index in [1.54, 1.807) is 0 Å². The van der Waals surface area contributed by atoms with Crippen LogP contribution in [0, 0.1) is 5.41 Å². The fourth-order valence-corrected chi connectivity index (χ4v) is 2.61. The maximum atomic E-state index is 5.43. The summed E-state index contributed by atoms with van der Waals surface area (Å²) in [5.74, 6) is 0. The molecule has 0 saturated carbocycles. The van der Waals surface area contributed by atoms with Crippen molar-refractivity contribution in [2.24, 2.45) is 5.41 Å². The number of aromatic nitrogens is 2. The monoisotopic (exact) mass is 271 g/mol. The lowest BCUT2D eigenvalue weighted by Gasteiger charge is -2.33. The number of ether oxygens (including phenoxy) is 1. The average molecular weight is 271 g/mol. The number of benzene rings is 1. The van der Waals surface area contributed by atoms with E-state index in [0.717, 1.165) is 55.9 Å². The van der Waals surface area contributed by atoms with Crippen LogP contribution in [0.2, 0.25) is 0 Å². The van der Waals surface area contributed by atoms with Crippen molar-refractivity contribution in [1.82, 2.24) is 15.3 Å². The van der Waals surface area contributed by atoms with Gasteiger partial charge in [0.2, 0.25) is 0 Å². The van der Waals surface area contributed by atoms with Gasteiger partial charge < -0.3 is 10.1 Å². The Morgan fingerprint density at radius 3 is 2.75 bits per heavy atom. The number of hydrogen-bond acceptors (Lipinski definition) is 4. The summed E-state index contributed by atoms with van der Waals surface area (Å²) in [7, 11) is 0. The van der Waals surface area contributed by atoms with E-state index in [4.69, 9.17) is 4.74 Å². The summed E-state index contributed by atoms with van der Waals surface area (Å²) in [4.78, 5) is 9.07. The van der Waals surface area contributed by atoms with Gasteiger partial charge >= 0.3 is 0 Å². The minimum atomic E-state index is 0.350. The fraction of sp³-hybridized carbons (Fsp3) is 0.500. The molecule has 0 radical (unpaired) electrons. The Hall–Kier alpha value is -1.52. The largest absolute Gasteiger partial charge is 0.381 e. The number of rotatable bonds is 4. The molecule has 2 heterocycles. The summed E-state index contributed by atoms with van der Waals surface area (Å²) >= 11 is 0. The first-order chi connectivity index (χ1) is 9.75. The number of nitrogens with one attached hydrogen (secondary N) is 1. The normalized spacial score (nSPS) is 18.2. The van der Waals surface area contributed by atoms with Crippen molar-refractivity contribution in [2.45, 2.75) is 26.3 Å². The summed E-state index contributed by atoms with van der Waals surface area (Å²) in [5.41, 5.74) is 3.26. The van der Waals surface area contributed by atoms with E-state index in [1.165, 1.54) is 0 Å². The van der Waals surface area contributed by atoms with Crippen LogP contribution in [-0.4, -0.2) is 29.7 Å². The lowest BCUT2D eigenvalue weighted by Crippen LogP contribution is -2.36. The predicted molar refractivity (Wildman–Crippen MR) is 79.4 cm³/mol. The average Bonchev–Trinajstić information content (AvgIpc) is 2.48. The third-order valence-corrected chi connectivity index (χ3v) is 4.06. The zero-order valence-electron chi connectivity index (χ0n) is 11.9.